The number of carbonyl (C=O) groups is 1. The summed E-state index contributed by atoms with van der Waals surface area (Å²) in [6.07, 6.45) is -0.371. The molecule has 22 heavy (non-hydrogen) atoms. The van der Waals surface area contributed by atoms with Crippen LogP contribution in [0.5, 0.6) is 0 Å². The fourth-order valence-corrected chi connectivity index (χ4v) is 2.70. The van der Waals surface area contributed by atoms with Gasteiger partial charge in [0, 0.05) is 12.6 Å². The second-order valence-electron chi connectivity index (χ2n) is 6.04. The first-order valence-corrected chi connectivity index (χ1v) is 7.81. The van der Waals surface area contributed by atoms with Crippen molar-refractivity contribution in [1.82, 2.24) is 9.80 Å². The number of rotatable bonds is 5. The Morgan fingerprint density at radius 1 is 1.41 bits per heavy atom. The summed E-state index contributed by atoms with van der Waals surface area (Å²) in [6.45, 7) is 5.44. The molecular weight excluding hydrogens is 280 g/mol. The van der Waals surface area contributed by atoms with E-state index < -0.39 is 0 Å². The molecule has 5 heteroatoms. The minimum Gasteiger partial charge on any atom is -0.394 e. The van der Waals surface area contributed by atoms with E-state index in [2.05, 4.69) is 13.8 Å². The van der Waals surface area contributed by atoms with Crippen LogP contribution in [0.4, 0.5) is 0 Å². The summed E-state index contributed by atoms with van der Waals surface area (Å²) < 4.78 is 5.67. The van der Waals surface area contributed by atoms with Gasteiger partial charge in [0.1, 0.15) is 6.10 Å². The zero-order valence-electron chi connectivity index (χ0n) is 13.6. The summed E-state index contributed by atoms with van der Waals surface area (Å²) >= 11 is 0. The number of benzene rings is 1. The van der Waals surface area contributed by atoms with Crippen molar-refractivity contribution in [3.8, 4) is 0 Å². The molecule has 1 fully saturated rings. The van der Waals surface area contributed by atoms with Crippen LogP contribution >= 0.6 is 0 Å². The third-order valence-electron chi connectivity index (χ3n) is 4.26. The van der Waals surface area contributed by atoms with Crippen molar-refractivity contribution in [2.45, 2.75) is 32.0 Å². The molecule has 1 heterocycles. The lowest BCUT2D eigenvalue weighted by atomic mass is 9.98. The Morgan fingerprint density at radius 2 is 2.09 bits per heavy atom. The molecule has 1 N–H and O–H groups in total. The highest BCUT2D eigenvalue weighted by atomic mass is 16.5. The second kappa shape index (κ2) is 7.72. The molecule has 5 nitrogen and oxygen atoms in total. The SMILES string of the molecule is CC(C)N(C)CC(=O)N1CCO[C@H](CO)[C@H]1c1ccccc1. The molecule has 1 amide bonds. The van der Waals surface area contributed by atoms with E-state index in [1.165, 1.54) is 0 Å². The number of aliphatic hydroxyl groups is 1. The summed E-state index contributed by atoms with van der Waals surface area (Å²) in [7, 11) is 1.95. The highest BCUT2D eigenvalue weighted by Crippen LogP contribution is 2.29. The van der Waals surface area contributed by atoms with Gasteiger partial charge in [-0.3, -0.25) is 9.69 Å². The van der Waals surface area contributed by atoms with Crippen molar-refractivity contribution in [2.75, 3.05) is 33.4 Å². The van der Waals surface area contributed by atoms with Gasteiger partial charge in [0.05, 0.1) is 25.8 Å². The first-order chi connectivity index (χ1) is 10.5. The quantitative estimate of drug-likeness (QED) is 0.890. The maximum Gasteiger partial charge on any atom is 0.237 e. The molecule has 2 rings (SSSR count). The summed E-state index contributed by atoms with van der Waals surface area (Å²) in [5.74, 6) is 0.0757. The van der Waals surface area contributed by atoms with Gasteiger partial charge in [0.2, 0.25) is 5.91 Å². The molecule has 1 aliphatic heterocycles. The average molecular weight is 306 g/mol. The molecule has 0 bridgehead atoms. The van der Waals surface area contributed by atoms with Gasteiger partial charge in [-0.25, -0.2) is 0 Å². The number of aliphatic hydroxyl groups excluding tert-OH is 1. The van der Waals surface area contributed by atoms with Crippen LogP contribution in [0.3, 0.4) is 0 Å². The molecule has 0 aromatic heterocycles. The van der Waals surface area contributed by atoms with Crippen LogP contribution in [0.2, 0.25) is 0 Å². The third kappa shape index (κ3) is 3.85. The topological polar surface area (TPSA) is 53.0 Å². The lowest BCUT2D eigenvalue weighted by Crippen LogP contribution is -2.52. The Hall–Kier alpha value is -1.43. The van der Waals surface area contributed by atoms with Crippen LogP contribution in [-0.4, -0.2) is 66.3 Å². The van der Waals surface area contributed by atoms with Crippen LogP contribution in [0.1, 0.15) is 25.5 Å². The Bertz CT molecular complexity index is 478. The number of morpholine rings is 1. The largest absolute Gasteiger partial charge is 0.394 e. The molecule has 1 aromatic carbocycles. The lowest BCUT2D eigenvalue weighted by molar-refractivity contribution is -0.151. The second-order valence-corrected chi connectivity index (χ2v) is 6.04. The molecule has 1 aliphatic rings. The summed E-state index contributed by atoms with van der Waals surface area (Å²) in [5, 5.41) is 9.62. The van der Waals surface area contributed by atoms with Gasteiger partial charge in [-0.1, -0.05) is 30.3 Å². The monoisotopic (exact) mass is 306 g/mol. The lowest BCUT2D eigenvalue weighted by Gasteiger charge is -2.41. The number of carbonyl (C=O) groups excluding carboxylic acids is 1. The zero-order valence-corrected chi connectivity index (χ0v) is 13.6. The van der Waals surface area contributed by atoms with Crippen molar-refractivity contribution in [2.24, 2.45) is 0 Å². The number of ether oxygens (including phenoxy) is 1. The van der Waals surface area contributed by atoms with E-state index in [9.17, 15) is 9.90 Å². The Balaban J connectivity index is 2.21. The molecule has 122 valence electrons. The highest BCUT2D eigenvalue weighted by molar-refractivity contribution is 5.79. The number of nitrogens with zero attached hydrogens (tertiary/aromatic N) is 2. The van der Waals surface area contributed by atoms with Crippen molar-refractivity contribution < 1.29 is 14.6 Å². The van der Waals surface area contributed by atoms with E-state index in [0.29, 0.717) is 25.7 Å². The standard InChI is InChI=1S/C17H26N2O3/c1-13(2)18(3)11-16(21)19-9-10-22-15(12-20)17(19)14-7-5-4-6-8-14/h4-8,13,15,17,20H,9-12H2,1-3H3/t15-,17-/m1/s1. The molecule has 0 unspecified atom stereocenters. The minimum atomic E-state index is -0.371. The smallest absolute Gasteiger partial charge is 0.237 e. The van der Waals surface area contributed by atoms with Crippen LogP contribution in [0.25, 0.3) is 0 Å². The van der Waals surface area contributed by atoms with Crippen molar-refractivity contribution in [3.63, 3.8) is 0 Å². The van der Waals surface area contributed by atoms with E-state index >= 15 is 0 Å². The van der Waals surface area contributed by atoms with Crippen molar-refractivity contribution >= 4 is 5.91 Å². The first kappa shape index (κ1) is 16.9. The molecule has 0 spiro atoms. The third-order valence-corrected chi connectivity index (χ3v) is 4.26. The number of likely N-dealkylation sites (N-methyl/N-ethyl adjacent to an activating group) is 1. The van der Waals surface area contributed by atoms with E-state index in [0.717, 1.165) is 5.56 Å². The Labute approximate surface area is 132 Å². The van der Waals surface area contributed by atoms with Gasteiger partial charge in [-0.15, -0.1) is 0 Å². The fourth-order valence-electron chi connectivity index (χ4n) is 2.70. The molecule has 0 radical (unpaired) electrons. The number of hydrogen-bond donors (Lipinski definition) is 1. The zero-order chi connectivity index (χ0) is 16.1. The van der Waals surface area contributed by atoms with Gasteiger partial charge in [0.25, 0.3) is 0 Å². The first-order valence-electron chi connectivity index (χ1n) is 7.81. The number of hydrogen-bond acceptors (Lipinski definition) is 4. The van der Waals surface area contributed by atoms with Crippen molar-refractivity contribution in [1.29, 1.82) is 0 Å². The van der Waals surface area contributed by atoms with E-state index in [4.69, 9.17) is 4.74 Å². The number of amides is 1. The van der Waals surface area contributed by atoms with Gasteiger partial charge in [0.15, 0.2) is 0 Å². The van der Waals surface area contributed by atoms with Gasteiger partial charge in [-0.05, 0) is 26.5 Å². The van der Waals surface area contributed by atoms with Crippen LogP contribution < -0.4 is 0 Å². The summed E-state index contributed by atoms with van der Waals surface area (Å²) in [6, 6.07) is 9.88. The van der Waals surface area contributed by atoms with Crippen LogP contribution in [0, 0.1) is 0 Å². The predicted molar refractivity (Wildman–Crippen MR) is 85.5 cm³/mol. The maximum atomic E-state index is 12.7. The van der Waals surface area contributed by atoms with Gasteiger partial charge >= 0.3 is 0 Å². The molecule has 0 aliphatic carbocycles. The Kier molecular flexibility index (Phi) is 5.94. The summed E-state index contributed by atoms with van der Waals surface area (Å²) in [5.41, 5.74) is 1.00. The molecule has 1 saturated heterocycles. The Morgan fingerprint density at radius 3 is 2.68 bits per heavy atom. The van der Waals surface area contributed by atoms with Gasteiger partial charge in [-0.2, -0.15) is 0 Å². The average Bonchev–Trinajstić information content (AvgIpc) is 2.54. The van der Waals surface area contributed by atoms with Gasteiger partial charge < -0.3 is 14.7 Å². The minimum absolute atomic E-state index is 0.0757. The van der Waals surface area contributed by atoms with Crippen molar-refractivity contribution in [3.05, 3.63) is 35.9 Å². The molecular formula is C17H26N2O3. The molecule has 2 atom stereocenters. The van der Waals surface area contributed by atoms with E-state index in [1.807, 2.05) is 47.2 Å². The molecule has 0 saturated carbocycles. The van der Waals surface area contributed by atoms with E-state index in [-0.39, 0.29) is 24.7 Å². The predicted octanol–water partition coefficient (Wildman–Crippen LogP) is 1.29. The summed E-state index contributed by atoms with van der Waals surface area (Å²) in [4.78, 5) is 16.6. The molecule has 1 aromatic rings. The normalized spacial score (nSPS) is 22.4. The van der Waals surface area contributed by atoms with Crippen LogP contribution in [-0.2, 0) is 9.53 Å². The van der Waals surface area contributed by atoms with Crippen LogP contribution in [0.15, 0.2) is 30.3 Å². The van der Waals surface area contributed by atoms with E-state index in [1.54, 1.807) is 0 Å². The highest BCUT2D eigenvalue weighted by Gasteiger charge is 2.36. The maximum absolute atomic E-state index is 12.7. The fraction of sp³-hybridized carbons (Fsp3) is 0.588.